The Morgan fingerprint density at radius 2 is 1.70 bits per heavy atom. The van der Waals surface area contributed by atoms with Crippen LogP contribution in [-0.2, 0) is 9.53 Å². The number of aromatic nitrogens is 1. The van der Waals surface area contributed by atoms with Crippen molar-refractivity contribution in [1.82, 2.24) is 14.8 Å². The summed E-state index contributed by atoms with van der Waals surface area (Å²) in [6.07, 6.45) is 7.29. The van der Waals surface area contributed by atoms with Gasteiger partial charge in [0.25, 0.3) is 0 Å². The molecule has 5 rings (SSSR count). The SMILES string of the molecule is O=C(CC1CCOCC1)N1CCC(c2ccc(NC(=O)N3CC(c4cccnc4)C3)cc2)C1. The third kappa shape index (κ3) is 5.19. The highest BCUT2D eigenvalue weighted by Crippen LogP contribution is 2.30. The maximum Gasteiger partial charge on any atom is 0.321 e. The first kappa shape index (κ1) is 21.9. The van der Waals surface area contributed by atoms with Crippen molar-refractivity contribution in [2.75, 3.05) is 44.7 Å². The van der Waals surface area contributed by atoms with Crippen LogP contribution in [0, 0.1) is 5.92 Å². The number of nitrogens with one attached hydrogen (secondary N) is 1. The van der Waals surface area contributed by atoms with Gasteiger partial charge >= 0.3 is 6.03 Å². The molecule has 33 heavy (non-hydrogen) atoms. The van der Waals surface area contributed by atoms with Crippen molar-refractivity contribution in [2.45, 2.75) is 37.5 Å². The Hall–Kier alpha value is -2.93. The topological polar surface area (TPSA) is 74.8 Å². The van der Waals surface area contributed by atoms with E-state index >= 15 is 0 Å². The number of nitrogens with zero attached hydrogens (tertiary/aromatic N) is 3. The van der Waals surface area contributed by atoms with E-state index in [1.54, 1.807) is 6.20 Å². The maximum atomic E-state index is 12.7. The number of pyridine rings is 1. The minimum Gasteiger partial charge on any atom is -0.381 e. The van der Waals surface area contributed by atoms with Gasteiger partial charge in [-0.15, -0.1) is 0 Å². The van der Waals surface area contributed by atoms with Gasteiger partial charge in [0.2, 0.25) is 5.91 Å². The van der Waals surface area contributed by atoms with E-state index in [4.69, 9.17) is 4.74 Å². The summed E-state index contributed by atoms with van der Waals surface area (Å²) in [5.41, 5.74) is 3.22. The fourth-order valence-electron chi connectivity index (χ4n) is 5.10. The molecule has 2 aromatic rings. The van der Waals surface area contributed by atoms with E-state index in [1.165, 1.54) is 11.1 Å². The van der Waals surface area contributed by atoms with Crippen LogP contribution in [0.5, 0.6) is 0 Å². The maximum absolute atomic E-state index is 12.7. The minimum absolute atomic E-state index is 0.0614. The Morgan fingerprint density at radius 1 is 0.939 bits per heavy atom. The normalized spacial score (nSPS) is 21.6. The largest absolute Gasteiger partial charge is 0.381 e. The minimum atomic E-state index is -0.0614. The zero-order chi connectivity index (χ0) is 22.6. The lowest BCUT2D eigenvalue weighted by molar-refractivity contribution is -0.131. The number of hydrogen-bond donors (Lipinski definition) is 1. The number of hydrogen-bond acceptors (Lipinski definition) is 4. The van der Waals surface area contributed by atoms with E-state index < -0.39 is 0 Å². The molecule has 4 heterocycles. The van der Waals surface area contributed by atoms with Crippen molar-refractivity contribution >= 4 is 17.6 Å². The van der Waals surface area contributed by atoms with E-state index in [2.05, 4.69) is 28.5 Å². The van der Waals surface area contributed by atoms with Crippen molar-refractivity contribution in [2.24, 2.45) is 5.92 Å². The smallest absolute Gasteiger partial charge is 0.321 e. The molecule has 0 aliphatic carbocycles. The summed E-state index contributed by atoms with van der Waals surface area (Å²) >= 11 is 0. The van der Waals surface area contributed by atoms with Crippen LogP contribution in [0.4, 0.5) is 10.5 Å². The van der Waals surface area contributed by atoms with E-state index in [0.29, 0.717) is 24.2 Å². The molecule has 1 unspecified atom stereocenters. The standard InChI is InChI=1S/C26H32N4O3/c31-25(14-19-8-12-33-13-9-19)29-11-7-22(16-29)20-3-5-24(6-4-20)28-26(32)30-17-23(18-30)21-2-1-10-27-15-21/h1-6,10,15,19,22-23H,7-9,11-14,16-18H2,(H,28,32). The van der Waals surface area contributed by atoms with Crippen molar-refractivity contribution in [3.8, 4) is 0 Å². The first-order chi connectivity index (χ1) is 16.2. The first-order valence-corrected chi connectivity index (χ1v) is 12.1. The van der Waals surface area contributed by atoms with Crippen molar-refractivity contribution < 1.29 is 14.3 Å². The Bertz CT molecular complexity index is 953. The van der Waals surface area contributed by atoms with Gasteiger partial charge in [0.1, 0.15) is 0 Å². The third-order valence-corrected chi connectivity index (χ3v) is 7.30. The summed E-state index contributed by atoms with van der Waals surface area (Å²) in [4.78, 5) is 33.3. The van der Waals surface area contributed by atoms with E-state index in [-0.39, 0.29) is 11.9 Å². The number of carbonyl (C=O) groups is 2. The molecule has 1 N–H and O–H groups in total. The lowest BCUT2D eigenvalue weighted by Crippen LogP contribution is -2.50. The summed E-state index contributed by atoms with van der Waals surface area (Å²) in [7, 11) is 0. The summed E-state index contributed by atoms with van der Waals surface area (Å²) in [5, 5.41) is 3.00. The highest BCUT2D eigenvalue weighted by atomic mass is 16.5. The second-order valence-corrected chi connectivity index (χ2v) is 9.53. The number of anilines is 1. The van der Waals surface area contributed by atoms with Gasteiger partial charge in [-0.3, -0.25) is 9.78 Å². The van der Waals surface area contributed by atoms with Crippen molar-refractivity contribution in [3.05, 3.63) is 59.9 Å². The van der Waals surface area contributed by atoms with Crippen LogP contribution in [0.2, 0.25) is 0 Å². The third-order valence-electron chi connectivity index (χ3n) is 7.30. The summed E-state index contributed by atoms with van der Waals surface area (Å²) < 4.78 is 5.40. The predicted molar refractivity (Wildman–Crippen MR) is 126 cm³/mol. The molecule has 0 radical (unpaired) electrons. The van der Waals surface area contributed by atoms with Crippen LogP contribution in [0.15, 0.2) is 48.8 Å². The second-order valence-electron chi connectivity index (χ2n) is 9.53. The van der Waals surface area contributed by atoms with Gasteiger partial charge in [-0.2, -0.15) is 0 Å². The number of likely N-dealkylation sites (tertiary alicyclic amines) is 2. The van der Waals surface area contributed by atoms with Gasteiger partial charge in [-0.05, 0) is 54.5 Å². The molecular weight excluding hydrogens is 416 g/mol. The molecule has 0 bridgehead atoms. The molecule has 3 aliphatic heterocycles. The van der Waals surface area contributed by atoms with Gasteiger partial charge in [0, 0.05) is 75.7 Å². The number of urea groups is 1. The van der Waals surface area contributed by atoms with E-state index in [1.807, 2.05) is 34.2 Å². The Labute approximate surface area is 195 Å². The van der Waals surface area contributed by atoms with Crippen LogP contribution in [0.1, 0.15) is 48.6 Å². The first-order valence-electron chi connectivity index (χ1n) is 12.1. The lowest BCUT2D eigenvalue weighted by Gasteiger charge is -2.39. The predicted octanol–water partition coefficient (Wildman–Crippen LogP) is 3.85. The molecule has 3 saturated heterocycles. The number of rotatable bonds is 5. The molecule has 7 heteroatoms. The average molecular weight is 449 g/mol. The highest BCUT2D eigenvalue weighted by molar-refractivity contribution is 5.90. The molecule has 3 fully saturated rings. The van der Waals surface area contributed by atoms with Crippen LogP contribution in [0.3, 0.4) is 0 Å². The molecule has 3 aliphatic rings. The second kappa shape index (κ2) is 9.91. The quantitative estimate of drug-likeness (QED) is 0.754. The molecule has 1 atom stereocenters. The van der Waals surface area contributed by atoms with Gasteiger partial charge in [-0.25, -0.2) is 4.79 Å². The number of amides is 3. The Kier molecular flexibility index (Phi) is 6.58. The Morgan fingerprint density at radius 3 is 2.42 bits per heavy atom. The van der Waals surface area contributed by atoms with Crippen molar-refractivity contribution in [3.63, 3.8) is 0 Å². The van der Waals surface area contributed by atoms with Gasteiger partial charge in [-0.1, -0.05) is 18.2 Å². The molecule has 3 amide bonds. The number of benzene rings is 1. The van der Waals surface area contributed by atoms with Gasteiger partial charge in [0.15, 0.2) is 0 Å². The van der Waals surface area contributed by atoms with Crippen molar-refractivity contribution in [1.29, 1.82) is 0 Å². The molecule has 7 nitrogen and oxygen atoms in total. The molecule has 1 aromatic carbocycles. The summed E-state index contributed by atoms with van der Waals surface area (Å²) in [6.45, 7) is 4.62. The zero-order valence-corrected chi connectivity index (χ0v) is 19.0. The fourth-order valence-corrected chi connectivity index (χ4v) is 5.10. The van der Waals surface area contributed by atoms with Crippen LogP contribution < -0.4 is 5.32 Å². The zero-order valence-electron chi connectivity index (χ0n) is 19.0. The van der Waals surface area contributed by atoms with Gasteiger partial charge < -0.3 is 19.9 Å². The fraction of sp³-hybridized carbons (Fsp3) is 0.500. The average Bonchev–Trinajstić information content (AvgIpc) is 3.31. The van der Waals surface area contributed by atoms with Crippen LogP contribution in [0.25, 0.3) is 0 Å². The molecule has 1 aromatic heterocycles. The Balaban J connectivity index is 1.08. The van der Waals surface area contributed by atoms with Gasteiger partial charge in [0.05, 0.1) is 0 Å². The number of ether oxygens (including phenoxy) is 1. The van der Waals surface area contributed by atoms with E-state index in [9.17, 15) is 9.59 Å². The molecule has 174 valence electrons. The molecule has 0 saturated carbocycles. The van der Waals surface area contributed by atoms with E-state index in [0.717, 1.165) is 64.3 Å². The molecule has 0 spiro atoms. The monoisotopic (exact) mass is 448 g/mol. The van der Waals surface area contributed by atoms with Crippen LogP contribution in [-0.4, -0.2) is 66.1 Å². The molecular formula is C26H32N4O3. The summed E-state index contributed by atoms with van der Waals surface area (Å²) in [5.74, 6) is 1.49. The van der Waals surface area contributed by atoms with Crippen LogP contribution >= 0.6 is 0 Å². The number of carbonyl (C=O) groups excluding carboxylic acids is 2. The lowest BCUT2D eigenvalue weighted by atomic mass is 9.93. The highest BCUT2D eigenvalue weighted by Gasteiger charge is 2.32. The summed E-state index contributed by atoms with van der Waals surface area (Å²) in [6, 6.07) is 12.0.